The van der Waals surface area contributed by atoms with Crippen LogP contribution in [0, 0.1) is 6.92 Å². The molecule has 0 radical (unpaired) electrons. The number of benzene rings is 2. The Morgan fingerprint density at radius 3 is 2.76 bits per heavy atom. The highest BCUT2D eigenvalue weighted by molar-refractivity contribution is 7.99. The molecule has 112 valence electrons. The molecule has 0 unspecified atom stereocenters. The van der Waals surface area contributed by atoms with Gasteiger partial charge in [0.2, 0.25) is 0 Å². The van der Waals surface area contributed by atoms with Gasteiger partial charge in [0.05, 0.1) is 13.7 Å². The smallest absolute Gasteiger partial charge is 0.134 e. The van der Waals surface area contributed by atoms with Gasteiger partial charge >= 0.3 is 0 Å². The summed E-state index contributed by atoms with van der Waals surface area (Å²) in [6.07, 6.45) is 0.978. The van der Waals surface area contributed by atoms with Crippen LogP contribution in [-0.2, 0) is 0 Å². The van der Waals surface area contributed by atoms with Gasteiger partial charge in [-0.2, -0.15) is 0 Å². The molecule has 3 nitrogen and oxygen atoms in total. The second-order valence-electron chi connectivity index (χ2n) is 4.78. The number of ether oxygens (including phenoxy) is 2. The molecule has 2 rings (SSSR count). The van der Waals surface area contributed by atoms with Crippen molar-refractivity contribution in [1.29, 1.82) is 0 Å². The third-order valence-electron chi connectivity index (χ3n) is 2.99. The first kappa shape index (κ1) is 15.6. The molecule has 0 saturated heterocycles. The number of nitrogen functional groups attached to an aromatic ring is 1. The van der Waals surface area contributed by atoms with Gasteiger partial charge in [0.1, 0.15) is 11.5 Å². The summed E-state index contributed by atoms with van der Waals surface area (Å²) in [5.41, 5.74) is 7.68. The lowest BCUT2D eigenvalue weighted by molar-refractivity contribution is 0.318. The van der Waals surface area contributed by atoms with Crippen LogP contribution in [-0.4, -0.2) is 19.5 Å². The van der Waals surface area contributed by atoms with E-state index in [2.05, 4.69) is 19.1 Å². The molecule has 2 N–H and O–H groups in total. The van der Waals surface area contributed by atoms with Crippen molar-refractivity contribution in [2.75, 3.05) is 25.2 Å². The summed E-state index contributed by atoms with van der Waals surface area (Å²) in [5.74, 6) is 2.75. The predicted molar refractivity (Wildman–Crippen MR) is 89.4 cm³/mol. The SMILES string of the molecule is COc1cc(N)ccc1SCCCOc1cccc(C)c1. The first-order chi connectivity index (χ1) is 10.2. The zero-order chi connectivity index (χ0) is 15.1. The Morgan fingerprint density at radius 1 is 1.14 bits per heavy atom. The highest BCUT2D eigenvalue weighted by Gasteiger charge is 2.04. The summed E-state index contributed by atoms with van der Waals surface area (Å²) in [7, 11) is 1.67. The Kier molecular flexibility index (Phi) is 5.81. The molecule has 0 saturated carbocycles. The Morgan fingerprint density at radius 2 is 2.00 bits per heavy atom. The molecule has 0 bridgehead atoms. The molecule has 21 heavy (non-hydrogen) atoms. The second kappa shape index (κ2) is 7.84. The predicted octanol–water partition coefficient (Wildman–Crippen LogP) is 4.15. The fraction of sp³-hybridized carbons (Fsp3) is 0.294. The third kappa shape index (κ3) is 4.90. The van der Waals surface area contributed by atoms with E-state index in [9.17, 15) is 0 Å². The number of hydrogen-bond donors (Lipinski definition) is 1. The molecule has 2 aromatic carbocycles. The highest BCUT2D eigenvalue weighted by Crippen LogP contribution is 2.31. The maximum Gasteiger partial charge on any atom is 0.134 e. The summed E-state index contributed by atoms with van der Waals surface area (Å²) in [6, 6.07) is 13.9. The topological polar surface area (TPSA) is 44.5 Å². The van der Waals surface area contributed by atoms with E-state index >= 15 is 0 Å². The molecule has 0 aliphatic carbocycles. The largest absolute Gasteiger partial charge is 0.496 e. The third-order valence-corrected chi connectivity index (χ3v) is 4.13. The summed E-state index contributed by atoms with van der Waals surface area (Å²) >= 11 is 1.76. The van der Waals surface area contributed by atoms with Crippen LogP contribution in [0.25, 0.3) is 0 Å². The summed E-state index contributed by atoms with van der Waals surface area (Å²) < 4.78 is 11.1. The van der Waals surface area contributed by atoms with Gasteiger partial charge in [-0.05, 0) is 43.2 Å². The number of hydrogen-bond acceptors (Lipinski definition) is 4. The first-order valence-electron chi connectivity index (χ1n) is 6.95. The van der Waals surface area contributed by atoms with E-state index in [1.165, 1.54) is 5.56 Å². The van der Waals surface area contributed by atoms with Crippen LogP contribution in [0.2, 0.25) is 0 Å². The Balaban J connectivity index is 1.75. The standard InChI is InChI=1S/C17H21NO2S/c1-13-5-3-6-15(11-13)20-9-4-10-21-17-8-7-14(18)12-16(17)19-2/h3,5-8,11-12H,4,9-10,18H2,1-2H3. The van der Waals surface area contributed by atoms with Crippen LogP contribution >= 0.6 is 11.8 Å². The van der Waals surface area contributed by atoms with Crippen molar-refractivity contribution < 1.29 is 9.47 Å². The molecule has 0 heterocycles. The minimum Gasteiger partial charge on any atom is -0.496 e. The molecule has 0 amide bonds. The molecule has 0 aromatic heterocycles. The van der Waals surface area contributed by atoms with Gasteiger partial charge in [0.15, 0.2) is 0 Å². The van der Waals surface area contributed by atoms with Crippen LogP contribution in [0.1, 0.15) is 12.0 Å². The van der Waals surface area contributed by atoms with E-state index < -0.39 is 0 Å². The summed E-state index contributed by atoms with van der Waals surface area (Å²) in [5, 5.41) is 0. The quantitative estimate of drug-likeness (QED) is 0.474. The minimum atomic E-state index is 0.716. The maximum atomic E-state index is 5.75. The average molecular weight is 303 g/mol. The van der Waals surface area contributed by atoms with Crippen molar-refractivity contribution in [3.05, 3.63) is 48.0 Å². The zero-order valence-corrected chi connectivity index (χ0v) is 13.3. The van der Waals surface area contributed by atoms with E-state index in [0.29, 0.717) is 6.61 Å². The van der Waals surface area contributed by atoms with Gasteiger partial charge in [0.25, 0.3) is 0 Å². The highest BCUT2D eigenvalue weighted by atomic mass is 32.2. The molecule has 2 aromatic rings. The van der Waals surface area contributed by atoms with Crippen LogP contribution in [0.3, 0.4) is 0 Å². The van der Waals surface area contributed by atoms with Gasteiger partial charge in [-0.15, -0.1) is 11.8 Å². The van der Waals surface area contributed by atoms with Gasteiger partial charge in [0, 0.05) is 22.4 Å². The molecular formula is C17H21NO2S. The summed E-state index contributed by atoms with van der Waals surface area (Å²) in [4.78, 5) is 1.11. The number of methoxy groups -OCH3 is 1. The Labute approximate surface area is 130 Å². The van der Waals surface area contributed by atoms with Crippen molar-refractivity contribution in [3.8, 4) is 11.5 Å². The molecule has 0 atom stereocenters. The lowest BCUT2D eigenvalue weighted by atomic mass is 10.2. The van der Waals surface area contributed by atoms with Crippen molar-refractivity contribution in [1.82, 2.24) is 0 Å². The maximum absolute atomic E-state index is 5.75. The van der Waals surface area contributed by atoms with Crippen LogP contribution in [0.5, 0.6) is 11.5 Å². The van der Waals surface area contributed by atoms with Gasteiger partial charge in [-0.3, -0.25) is 0 Å². The normalized spacial score (nSPS) is 10.4. The van der Waals surface area contributed by atoms with E-state index in [0.717, 1.165) is 34.3 Å². The Hall–Kier alpha value is -1.81. The average Bonchev–Trinajstić information content (AvgIpc) is 2.48. The second-order valence-corrected chi connectivity index (χ2v) is 5.91. The molecule has 0 aliphatic heterocycles. The van der Waals surface area contributed by atoms with Gasteiger partial charge in [-0.1, -0.05) is 12.1 Å². The number of nitrogens with two attached hydrogens (primary N) is 1. The van der Waals surface area contributed by atoms with E-state index in [4.69, 9.17) is 15.2 Å². The number of anilines is 1. The lowest BCUT2D eigenvalue weighted by Gasteiger charge is -2.09. The lowest BCUT2D eigenvalue weighted by Crippen LogP contribution is -1.99. The van der Waals surface area contributed by atoms with Crippen LogP contribution in [0.15, 0.2) is 47.4 Å². The monoisotopic (exact) mass is 303 g/mol. The molecule has 0 spiro atoms. The minimum absolute atomic E-state index is 0.716. The fourth-order valence-corrected chi connectivity index (χ4v) is 2.87. The molecule has 0 fully saturated rings. The van der Waals surface area contributed by atoms with Gasteiger partial charge < -0.3 is 15.2 Å². The number of thioether (sulfide) groups is 1. The number of rotatable bonds is 7. The molecular weight excluding hydrogens is 282 g/mol. The van der Waals surface area contributed by atoms with Crippen LogP contribution < -0.4 is 15.2 Å². The number of aryl methyl sites for hydroxylation is 1. The Bertz CT molecular complexity index is 587. The molecule has 0 aliphatic rings. The fourth-order valence-electron chi connectivity index (χ4n) is 1.94. The van der Waals surface area contributed by atoms with Gasteiger partial charge in [-0.25, -0.2) is 0 Å². The van der Waals surface area contributed by atoms with E-state index in [1.54, 1.807) is 18.9 Å². The van der Waals surface area contributed by atoms with Crippen molar-refractivity contribution in [2.45, 2.75) is 18.2 Å². The van der Waals surface area contributed by atoms with E-state index in [1.807, 2.05) is 30.3 Å². The van der Waals surface area contributed by atoms with Crippen LogP contribution in [0.4, 0.5) is 5.69 Å². The summed E-state index contributed by atoms with van der Waals surface area (Å²) in [6.45, 7) is 2.78. The molecule has 4 heteroatoms. The van der Waals surface area contributed by atoms with E-state index in [-0.39, 0.29) is 0 Å². The first-order valence-corrected chi connectivity index (χ1v) is 7.93. The van der Waals surface area contributed by atoms with Crippen molar-refractivity contribution in [2.24, 2.45) is 0 Å². The van der Waals surface area contributed by atoms with Crippen molar-refractivity contribution >= 4 is 17.4 Å². The van der Waals surface area contributed by atoms with Crippen molar-refractivity contribution in [3.63, 3.8) is 0 Å². The zero-order valence-electron chi connectivity index (χ0n) is 12.5.